The monoisotopic (exact) mass is 291 g/mol. The van der Waals surface area contributed by atoms with Gasteiger partial charge in [0.15, 0.2) is 0 Å². The summed E-state index contributed by atoms with van der Waals surface area (Å²) in [5, 5.41) is 0. The lowest BCUT2D eigenvalue weighted by atomic mass is 9.95. The number of amides is 1. The predicted molar refractivity (Wildman–Crippen MR) is 80.9 cm³/mol. The zero-order valence-corrected chi connectivity index (χ0v) is 12.2. The number of hydrogen-bond acceptors (Lipinski definition) is 5. The van der Waals surface area contributed by atoms with Gasteiger partial charge in [0, 0.05) is 24.7 Å². The van der Waals surface area contributed by atoms with Crippen LogP contribution in [0.4, 0.5) is 11.4 Å². The molecule has 0 radical (unpaired) electrons. The van der Waals surface area contributed by atoms with Gasteiger partial charge in [-0.15, -0.1) is 0 Å². The van der Waals surface area contributed by atoms with E-state index < -0.39 is 0 Å². The first-order chi connectivity index (χ1) is 10.0. The highest BCUT2D eigenvalue weighted by Gasteiger charge is 2.26. The SMILES string of the molecule is CCOC(=O)c1cc(N)ccc1N1CCC(C(N)=O)CC1. The van der Waals surface area contributed by atoms with Crippen molar-refractivity contribution in [2.45, 2.75) is 19.8 Å². The Kier molecular flexibility index (Phi) is 4.67. The molecule has 114 valence electrons. The van der Waals surface area contributed by atoms with Crippen molar-refractivity contribution in [1.82, 2.24) is 0 Å². The van der Waals surface area contributed by atoms with E-state index in [0.717, 1.165) is 5.69 Å². The van der Waals surface area contributed by atoms with Crippen molar-refractivity contribution in [2.24, 2.45) is 11.7 Å². The molecule has 1 heterocycles. The highest BCUT2D eigenvalue weighted by Crippen LogP contribution is 2.28. The van der Waals surface area contributed by atoms with E-state index in [9.17, 15) is 9.59 Å². The molecular formula is C15H21N3O3. The first kappa shape index (κ1) is 15.2. The van der Waals surface area contributed by atoms with Crippen LogP contribution in [-0.4, -0.2) is 31.6 Å². The average Bonchev–Trinajstić information content (AvgIpc) is 2.47. The second-order valence-electron chi connectivity index (χ2n) is 5.16. The number of anilines is 2. The number of esters is 1. The normalized spacial score (nSPS) is 15.8. The van der Waals surface area contributed by atoms with Crippen LogP contribution >= 0.6 is 0 Å². The molecule has 1 aromatic rings. The minimum Gasteiger partial charge on any atom is -0.462 e. The third-order valence-electron chi connectivity index (χ3n) is 3.75. The van der Waals surface area contributed by atoms with E-state index in [0.29, 0.717) is 43.8 Å². The van der Waals surface area contributed by atoms with Gasteiger partial charge in [-0.1, -0.05) is 0 Å². The molecule has 1 aliphatic rings. The molecule has 0 aliphatic carbocycles. The van der Waals surface area contributed by atoms with Crippen molar-refractivity contribution >= 4 is 23.3 Å². The van der Waals surface area contributed by atoms with Crippen LogP contribution in [0.3, 0.4) is 0 Å². The van der Waals surface area contributed by atoms with Crippen LogP contribution in [0.2, 0.25) is 0 Å². The molecule has 1 aliphatic heterocycles. The van der Waals surface area contributed by atoms with Gasteiger partial charge in [-0.2, -0.15) is 0 Å². The second-order valence-corrected chi connectivity index (χ2v) is 5.16. The van der Waals surface area contributed by atoms with Crippen molar-refractivity contribution in [3.8, 4) is 0 Å². The van der Waals surface area contributed by atoms with Crippen LogP contribution in [0.5, 0.6) is 0 Å². The third-order valence-corrected chi connectivity index (χ3v) is 3.75. The summed E-state index contributed by atoms with van der Waals surface area (Å²) in [6.07, 6.45) is 1.39. The molecule has 21 heavy (non-hydrogen) atoms. The third kappa shape index (κ3) is 3.45. The smallest absolute Gasteiger partial charge is 0.340 e. The molecular weight excluding hydrogens is 270 g/mol. The Bertz CT molecular complexity index is 537. The fraction of sp³-hybridized carbons (Fsp3) is 0.467. The minimum atomic E-state index is -0.378. The van der Waals surface area contributed by atoms with Crippen molar-refractivity contribution in [2.75, 3.05) is 30.3 Å². The van der Waals surface area contributed by atoms with Gasteiger partial charge in [0.25, 0.3) is 0 Å². The number of primary amides is 1. The summed E-state index contributed by atoms with van der Waals surface area (Å²) in [5.74, 6) is -0.713. The largest absolute Gasteiger partial charge is 0.462 e. The number of carbonyl (C=O) groups excluding carboxylic acids is 2. The van der Waals surface area contributed by atoms with Gasteiger partial charge in [-0.25, -0.2) is 4.79 Å². The maximum absolute atomic E-state index is 12.1. The quantitative estimate of drug-likeness (QED) is 0.640. The number of hydrogen-bond donors (Lipinski definition) is 2. The Morgan fingerprint density at radius 3 is 2.57 bits per heavy atom. The Balaban J connectivity index is 2.20. The summed E-state index contributed by atoms with van der Waals surface area (Å²) in [6.45, 7) is 3.45. The van der Waals surface area contributed by atoms with E-state index in [4.69, 9.17) is 16.2 Å². The molecule has 1 saturated heterocycles. The Labute approximate surface area is 124 Å². The number of nitrogen functional groups attached to an aromatic ring is 1. The van der Waals surface area contributed by atoms with Gasteiger partial charge in [-0.3, -0.25) is 4.79 Å². The van der Waals surface area contributed by atoms with Crippen LogP contribution in [-0.2, 0) is 9.53 Å². The molecule has 1 fully saturated rings. The predicted octanol–water partition coefficient (Wildman–Crippen LogP) is 1.15. The number of nitrogens with two attached hydrogens (primary N) is 2. The van der Waals surface area contributed by atoms with Crippen LogP contribution in [0.1, 0.15) is 30.1 Å². The highest BCUT2D eigenvalue weighted by atomic mass is 16.5. The van der Waals surface area contributed by atoms with E-state index in [-0.39, 0.29) is 17.8 Å². The highest BCUT2D eigenvalue weighted by molar-refractivity contribution is 5.97. The number of benzene rings is 1. The summed E-state index contributed by atoms with van der Waals surface area (Å²) in [4.78, 5) is 25.3. The lowest BCUT2D eigenvalue weighted by Gasteiger charge is -2.33. The Morgan fingerprint density at radius 2 is 2.00 bits per heavy atom. The van der Waals surface area contributed by atoms with E-state index >= 15 is 0 Å². The summed E-state index contributed by atoms with van der Waals surface area (Å²) in [6, 6.07) is 5.22. The van der Waals surface area contributed by atoms with Gasteiger partial charge in [0.2, 0.25) is 5.91 Å². The van der Waals surface area contributed by atoms with Crippen LogP contribution in [0.15, 0.2) is 18.2 Å². The molecule has 0 bridgehead atoms. The van der Waals surface area contributed by atoms with E-state index in [1.807, 2.05) is 6.07 Å². The maximum Gasteiger partial charge on any atom is 0.340 e. The average molecular weight is 291 g/mol. The van der Waals surface area contributed by atoms with Crippen molar-refractivity contribution < 1.29 is 14.3 Å². The number of nitrogens with zero attached hydrogens (tertiary/aromatic N) is 1. The summed E-state index contributed by atoms with van der Waals surface area (Å²) >= 11 is 0. The molecule has 0 unspecified atom stereocenters. The lowest BCUT2D eigenvalue weighted by Crippen LogP contribution is -2.39. The topological polar surface area (TPSA) is 98.7 Å². The van der Waals surface area contributed by atoms with Crippen LogP contribution < -0.4 is 16.4 Å². The van der Waals surface area contributed by atoms with Crippen molar-refractivity contribution in [1.29, 1.82) is 0 Å². The molecule has 6 nitrogen and oxygen atoms in total. The zero-order valence-electron chi connectivity index (χ0n) is 12.2. The van der Waals surface area contributed by atoms with Gasteiger partial charge in [0.1, 0.15) is 0 Å². The number of ether oxygens (including phenoxy) is 1. The van der Waals surface area contributed by atoms with Gasteiger partial charge < -0.3 is 21.1 Å². The Morgan fingerprint density at radius 1 is 1.33 bits per heavy atom. The van der Waals surface area contributed by atoms with Crippen LogP contribution in [0.25, 0.3) is 0 Å². The molecule has 2 rings (SSSR count). The molecule has 1 aromatic carbocycles. The fourth-order valence-corrected chi connectivity index (χ4v) is 2.61. The number of carbonyl (C=O) groups is 2. The van der Waals surface area contributed by atoms with Crippen molar-refractivity contribution in [3.05, 3.63) is 23.8 Å². The number of rotatable bonds is 4. The number of piperidine rings is 1. The molecule has 0 aromatic heterocycles. The van der Waals surface area contributed by atoms with E-state index in [2.05, 4.69) is 4.90 Å². The van der Waals surface area contributed by atoms with Crippen LogP contribution in [0, 0.1) is 5.92 Å². The van der Waals surface area contributed by atoms with Gasteiger partial charge in [-0.05, 0) is 38.0 Å². The first-order valence-corrected chi connectivity index (χ1v) is 7.13. The zero-order chi connectivity index (χ0) is 15.4. The van der Waals surface area contributed by atoms with E-state index in [1.54, 1.807) is 19.1 Å². The van der Waals surface area contributed by atoms with Gasteiger partial charge >= 0.3 is 5.97 Å². The molecule has 0 saturated carbocycles. The first-order valence-electron chi connectivity index (χ1n) is 7.13. The molecule has 1 amide bonds. The Hall–Kier alpha value is -2.24. The second kappa shape index (κ2) is 6.47. The van der Waals surface area contributed by atoms with E-state index in [1.165, 1.54) is 0 Å². The van der Waals surface area contributed by atoms with Gasteiger partial charge in [0.05, 0.1) is 17.9 Å². The minimum absolute atomic E-state index is 0.0823. The standard InChI is InChI=1S/C15H21N3O3/c1-2-21-15(20)12-9-11(16)3-4-13(12)18-7-5-10(6-8-18)14(17)19/h3-4,9-10H,2,5-8,16H2,1H3,(H2,17,19). The maximum atomic E-state index is 12.1. The molecule has 0 spiro atoms. The molecule has 6 heteroatoms. The fourth-order valence-electron chi connectivity index (χ4n) is 2.61. The summed E-state index contributed by atoms with van der Waals surface area (Å²) in [5.41, 5.74) is 12.9. The lowest BCUT2D eigenvalue weighted by molar-refractivity contribution is -0.122. The van der Waals surface area contributed by atoms with Crippen molar-refractivity contribution in [3.63, 3.8) is 0 Å². The molecule has 4 N–H and O–H groups in total. The summed E-state index contributed by atoms with van der Waals surface area (Å²) < 4.78 is 5.08. The summed E-state index contributed by atoms with van der Waals surface area (Å²) in [7, 11) is 0. The molecule has 0 atom stereocenters.